The molecular weight excluding hydrogens is 252 g/mol. The normalized spacial score (nSPS) is 11.0. The maximum Gasteiger partial charge on any atom is 0.264 e. The van der Waals surface area contributed by atoms with Gasteiger partial charge in [0.25, 0.3) is 9.05 Å². The Morgan fingerprint density at radius 3 is 2.43 bits per heavy atom. The lowest BCUT2D eigenvalue weighted by molar-refractivity contribution is 0.575. The van der Waals surface area contributed by atoms with Crippen molar-refractivity contribution in [3.8, 4) is 6.07 Å². The Morgan fingerprint density at radius 1 is 1.43 bits per heavy atom. The van der Waals surface area contributed by atoms with E-state index in [4.69, 9.17) is 27.5 Å². The highest BCUT2D eigenvalue weighted by molar-refractivity contribution is 8.13. The molecule has 0 atom stereocenters. The fourth-order valence-corrected chi connectivity index (χ4v) is 1.97. The molecule has 0 unspecified atom stereocenters. The Hall–Kier alpha value is -0.830. The molecule has 14 heavy (non-hydrogen) atoms. The monoisotopic (exact) mass is 253 g/mol. The van der Waals surface area contributed by atoms with Gasteiger partial charge < -0.3 is 0 Å². The van der Waals surface area contributed by atoms with E-state index in [1.807, 2.05) is 0 Å². The molecule has 0 saturated carbocycles. The third-order valence-corrected chi connectivity index (χ3v) is 3.14. The van der Waals surface area contributed by atoms with Gasteiger partial charge in [0.2, 0.25) is 0 Å². The van der Waals surface area contributed by atoms with E-state index in [-0.39, 0.29) is 5.56 Å². The second-order valence-corrected chi connectivity index (χ2v) is 5.20. The maximum absolute atomic E-state index is 13.2. The number of benzene rings is 1. The van der Waals surface area contributed by atoms with Crippen molar-refractivity contribution in [1.29, 1.82) is 5.26 Å². The first-order chi connectivity index (χ1) is 6.38. The Bertz CT molecular complexity index is 521. The summed E-state index contributed by atoms with van der Waals surface area (Å²) < 4.78 is 34.8. The summed E-state index contributed by atoms with van der Waals surface area (Å²) in [6.45, 7) is 0. The minimum atomic E-state index is -4.18. The number of hydrogen-bond acceptors (Lipinski definition) is 3. The van der Waals surface area contributed by atoms with E-state index < -0.39 is 24.8 Å². The maximum atomic E-state index is 13.2. The van der Waals surface area contributed by atoms with E-state index in [0.29, 0.717) is 0 Å². The van der Waals surface area contributed by atoms with E-state index in [2.05, 4.69) is 0 Å². The van der Waals surface area contributed by atoms with Crippen LogP contribution in [0, 0.1) is 17.1 Å². The molecule has 0 saturated heterocycles. The Morgan fingerprint density at radius 2 is 2.00 bits per heavy atom. The molecular formula is C7H2Cl2FNO2S. The van der Waals surface area contributed by atoms with Gasteiger partial charge >= 0.3 is 0 Å². The predicted molar refractivity (Wildman–Crippen MR) is 49.2 cm³/mol. The van der Waals surface area contributed by atoms with Crippen LogP contribution in [0.4, 0.5) is 4.39 Å². The van der Waals surface area contributed by atoms with Gasteiger partial charge in [0.05, 0.1) is 10.6 Å². The summed E-state index contributed by atoms with van der Waals surface area (Å²) in [5.74, 6) is -1.21. The number of hydrogen-bond donors (Lipinski definition) is 0. The molecule has 1 aromatic rings. The summed E-state index contributed by atoms with van der Waals surface area (Å²) in [5.41, 5.74) is -0.145. The van der Waals surface area contributed by atoms with Gasteiger partial charge in [-0.1, -0.05) is 11.6 Å². The molecule has 7 heteroatoms. The molecule has 0 amide bonds. The van der Waals surface area contributed by atoms with Crippen LogP contribution in [0.15, 0.2) is 17.0 Å². The van der Waals surface area contributed by atoms with Gasteiger partial charge in [0.15, 0.2) is 5.82 Å². The van der Waals surface area contributed by atoms with Gasteiger partial charge in [-0.05, 0) is 12.1 Å². The third-order valence-electron chi connectivity index (χ3n) is 1.43. The molecule has 0 bridgehead atoms. The van der Waals surface area contributed by atoms with Crippen molar-refractivity contribution in [3.05, 3.63) is 28.5 Å². The summed E-state index contributed by atoms with van der Waals surface area (Å²) in [4.78, 5) is -0.733. The Kier molecular flexibility index (Phi) is 3.00. The molecule has 0 aliphatic rings. The molecule has 0 aliphatic heterocycles. The van der Waals surface area contributed by atoms with Gasteiger partial charge in [0, 0.05) is 10.7 Å². The van der Waals surface area contributed by atoms with Crippen LogP contribution in [0.3, 0.4) is 0 Å². The first-order valence-electron chi connectivity index (χ1n) is 3.20. The molecule has 0 fully saturated rings. The first kappa shape index (κ1) is 11.2. The molecule has 1 aromatic carbocycles. The fraction of sp³-hybridized carbons (Fsp3) is 0. The third kappa shape index (κ3) is 1.98. The Labute approximate surface area is 89.1 Å². The highest BCUT2D eigenvalue weighted by atomic mass is 35.7. The zero-order chi connectivity index (χ0) is 10.9. The second-order valence-electron chi connectivity index (χ2n) is 2.29. The largest absolute Gasteiger partial charge is 0.264 e. The summed E-state index contributed by atoms with van der Waals surface area (Å²) in [5, 5.41) is 7.91. The molecule has 0 aromatic heterocycles. The van der Waals surface area contributed by atoms with Gasteiger partial charge in [-0.3, -0.25) is 0 Å². The summed E-state index contributed by atoms with van der Waals surface area (Å²) in [7, 11) is 0.744. The molecule has 0 spiro atoms. The highest BCUT2D eigenvalue weighted by Gasteiger charge is 2.20. The van der Waals surface area contributed by atoms with Crippen LogP contribution in [-0.4, -0.2) is 8.42 Å². The van der Waals surface area contributed by atoms with Gasteiger partial charge in [0.1, 0.15) is 11.0 Å². The molecule has 1 rings (SSSR count). The molecule has 3 nitrogen and oxygen atoms in total. The lowest BCUT2D eigenvalue weighted by Crippen LogP contribution is -1.97. The van der Waals surface area contributed by atoms with Crippen LogP contribution < -0.4 is 0 Å². The van der Waals surface area contributed by atoms with E-state index in [1.54, 1.807) is 6.07 Å². The SMILES string of the molecule is N#Cc1ccc(S(=O)(=O)Cl)c(F)c1Cl. The number of nitrogens with zero attached hydrogens (tertiary/aromatic N) is 1. The van der Waals surface area contributed by atoms with E-state index >= 15 is 0 Å². The van der Waals surface area contributed by atoms with E-state index in [0.717, 1.165) is 12.1 Å². The standard InChI is InChI=1S/C7H2Cl2FNO2S/c8-6-4(3-11)1-2-5(7(6)10)14(9,12)13/h1-2H. The van der Waals surface area contributed by atoms with Crippen molar-refractivity contribution in [2.75, 3.05) is 0 Å². The lowest BCUT2D eigenvalue weighted by atomic mass is 10.2. The molecule has 0 heterocycles. The predicted octanol–water partition coefficient (Wildman–Crippen LogP) is 2.28. The van der Waals surface area contributed by atoms with Gasteiger partial charge in [-0.25, -0.2) is 12.8 Å². The van der Waals surface area contributed by atoms with Gasteiger partial charge in [-0.2, -0.15) is 5.26 Å². The van der Waals surface area contributed by atoms with Gasteiger partial charge in [-0.15, -0.1) is 0 Å². The molecule has 0 N–H and O–H groups in total. The van der Waals surface area contributed by atoms with Crippen LogP contribution in [-0.2, 0) is 9.05 Å². The smallest absolute Gasteiger partial charge is 0.207 e. The van der Waals surface area contributed by atoms with E-state index in [9.17, 15) is 12.8 Å². The first-order valence-corrected chi connectivity index (χ1v) is 5.89. The van der Waals surface area contributed by atoms with Crippen molar-refractivity contribution in [3.63, 3.8) is 0 Å². The van der Waals surface area contributed by atoms with Crippen molar-refractivity contribution < 1.29 is 12.8 Å². The summed E-state index contributed by atoms with van der Waals surface area (Å²) >= 11 is 5.38. The molecule has 74 valence electrons. The second kappa shape index (κ2) is 3.73. The molecule has 0 radical (unpaired) electrons. The number of halogens is 3. The Balaban J connectivity index is 3.57. The highest BCUT2D eigenvalue weighted by Crippen LogP contribution is 2.27. The zero-order valence-corrected chi connectivity index (χ0v) is 8.79. The van der Waals surface area contributed by atoms with Crippen LogP contribution in [0.5, 0.6) is 0 Å². The lowest BCUT2D eigenvalue weighted by Gasteiger charge is -2.01. The van der Waals surface area contributed by atoms with Crippen molar-refractivity contribution in [1.82, 2.24) is 0 Å². The topological polar surface area (TPSA) is 57.9 Å². The average Bonchev–Trinajstić information content (AvgIpc) is 2.07. The fourth-order valence-electron chi connectivity index (χ4n) is 0.806. The summed E-state index contributed by atoms with van der Waals surface area (Å²) in [6, 6.07) is 3.58. The average molecular weight is 254 g/mol. The van der Waals surface area contributed by atoms with Crippen molar-refractivity contribution >= 4 is 31.3 Å². The summed E-state index contributed by atoms with van der Waals surface area (Å²) in [6.07, 6.45) is 0. The zero-order valence-electron chi connectivity index (χ0n) is 6.46. The minimum absolute atomic E-state index is 0.145. The van der Waals surface area contributed by atoms with Crippen LogP contribution in [0.1, 0.15) is 5.56 Å². The minimum Gasteiger partial charge on any atom is -0.207 e. The van der Waals surface area contributed by atoms with Crippen LogP contribution in [0.25, 0.3) is 0 Å². The molecule has 0 aliphatic carbocycles. The quantitative estimate of drug-likeness (QED) is 0.722. The van der Waals surface area contributed by atoms with E-state index in [1.165, 1.54) is 0 Å². The van der Waals surface area contributed by atoms with Crippen LogP contribution >= 0.6 is 22.3 Å². The van der Waals surface area contributed by atoms with Crippen molar-refractivity contribution in [2.24, 2.45) is 0 Å². The van der Waals surface area contributed by atoms with Crippen molar-refractivity contribution in [2.45, 2.75) is 4.90 Å². The number of nitriles is 1. The number of rotatable bonds is 1. The van der Waals surface area contributed by atoms with Crippen LogP contribution in [0.2, 0.25) is 5.02 Å².